The van der Waals surface area contributed by atoms with Gasteiger partial charge in [0.05, 0.1) is 17.1 Å². The number of amidine groups is 1. The van der Waals surface area contributed by atoms with Crippen LogP contribution in [0.3, 0.4) is 0 Å². The Kier molecular flexibility index (Phi) is 9.68. The molecule has 0 radical (unpaired) electrons. The van der Waals surface area contributed by atoms with Gasteiger partial charge in [-0.2, -0.15) is 4.99 Å². The molecule has 15 heteroatoms. The van der Waals surface area contributed by atoms with Gasteiger partial charge in [0.1, 0.15) is 24.8 Å². The molecule has 5 rings (SSSR count). The van der Waals surface area contributed by atoms with Crippen LogP contribution in [0, 0.1) is 6.92 Å². The number of benzene rings is 2. The lowest BCUT2D eigenvalue weighted by atomic mass is 10.0. The van der Waals surface area contributed by atoms with Crippen LogP contribution in [-0.4, -0.2) is 56.3 Å². The Bertz CT molecular complexity index is 1650. The van der Waals surface area contributed by atoms with E-state index in [1.54, 1.807) is 0 Å². The number of nitrogens with zero attached hydrogens (tertiary/aromatic N) is 5. The van der Waals surface area contributed by atoms with Gasteiger partial charge in [-0.15, -0.1) is 18.3 Å². The third kappa shape index (κ3) is 8.16. The zero-order valence-corrected chi connectivity index (χ0v) is 24.9. The van der Waals surface area contributed by atoms with Crippen molar-refractivity contribution < 1.29 is 36.6 Å². The van der Waals surface area contributed by atoms with Crippen LogP contribution < -0.4 is 15.0 Å². The third-order valence-corrected chi connectivity index (χ3v) is 7.54. The quantitative estimate of drug-likeness (QED) is 0.287. The number of urea groups is 1. The number of rotatable bonds is 9. The molecule has 0 spiro atoms. The summed E-state index contributed by atoms with van der Waals surface area (Å²) in [5.41, 5.74) is 3.26. The summed E-state index contributed by atoms with van der Waals surface area (Å²) in [6, 6.07) is 10.1. The van der Waals surface area contributed by atoms with Gasteiger partial charge in [0.15, 0.2) is 17.2 Å². The van der Waals surface area contributed by atoms with Crippen LogP contribution in [0.1, 0.15) is 30.3 Å². The second-order valence-corrected chi connectivity index (χ2v) is 11.0. The maximum absolute atomic E-state index is 14.9. The molecular weight excluding hydrogens is 616 g/mol. The third-order valence-electron chi connectivity index (χ3n) is 6.61. The molecular formula is C30H28F4N6O4S. The van der Waals surface area contributed by atoms with Crippen molar-refractivity contribution in [3.8, 4) is 11.4 Å². The summed E-state index contributed by atoms with van der Waals surface area (Å²) in [4.78, 5) is 35.2. The van der Waals surface area contributed by atoms with Crippen LogP contribution >= 0.6 is 11.8 Å². The first kappa shape index (κ1) is 31.9. The van der Waals surface area contributed by atoms with Crippen LogP contribution in [0.5, 0.6) is 5.75 Å². The van der Waals surface area contributed by atoms with Crippen LogP contribution in [0.2, 0.25) is 0 Å². The van der Waals surface area contributed by atoms with Gasteiger partial charge in [-0.05, 0) is 67.0 Å². The highest BCUT2D eigenvalue weighted by Gasteiger charge is 2.33. The lowest BCUT2D eigenvalue weighted by Crippen LogP contribution is -2.32. The van der Waals surface area contributed by atoms with E-state index in [2.05, 4.69) is 25.1 Å². The maximum atomic E-state index is 14.9. The molecule has 1 aliphatic heterocycles. The highest BCUT2D eigenvalue weighted by atomic mass is 32.2. The number of thioether (sulfide) groups is 1. The molecule has 1 fully saturated rings. The number of alkyl halides is 4. The number of allylic oxidation sites excluding steroid dienone is 1. The van der Waals surface area contributed by atoms with Crippen LogP contribution in [-0.2, 0) is 22.6 Å². The first-order valence-corrected chi connectivity index (χ1v) is 14.8. The minimum absolute atomic E-state index is 0.149. The summed E-state index contributed by atoms with van der Waals surface area (Å²) < 4.78 is 62.8. The second-order valence-electron chi connectivity index (χ2n) is 10.1. The molecule has 45 heavy (non-hydrogen) atoms. The van der Waals surface area contributed by atoms with Gasteiger partial charge in [-0.25, -0.2) is 18.9 Å². The molecule has 0 saturated carbocycles. The first-order chi connectivity index (χ1) is 21.5. The number of amides is 3. The number of aromatic nitrogens is 3. The minimum atomic E-state index is -4.80. The van der Waals surface area contributed by atoms with Crippen molar-refractivity contribution in [3.05, 3.63) is 89.7 Å². The van der Waals surface area contributed by atoms with Gasteiger partial charge < -0.3 is 14.8 Å². The Labute approximate surface area is 259 Å². The molecule has 2 heterocycles. The molecule has 10 nitrogen and oxygen atoms in total. The number of aliphatic imine (C=N–C) groups is 1. The van der Waals surface area contributed by atoms with Gasteiger partial charge in [0.2, 0.25) is 5.91 Å². The number of aryl methyl sites for hydroxylation is 2. The van der Waals surface area contributed by atoms with E-state index in [-0.39, 0.29) is 40.7 Å². The Morgan fingerprint density at radius 3 is 2.69 bits per heavy atom. The van der Waals surface area contributed by atoms with Gasteiger partial charge in [0, 0.05) is 5.70 Å². The number of anilines is 1. The molecule has 2 aliphatic rings. The maximum Gasteiger partial charge on any atom is 0.573 e. The molecule has 2 aromatic carbocycles. The van der Waals surface area contributed by atoms with E-state index in [9.17, 15) is 27.2 Å². The number of ether oxygens (including phenoxy) is 2. The van der Waals surface area contributed by atoms with Crippen molar-refractivity contribution in [3.63, 3.8) is 0 Å². The van der Waals surface area contributed by atoms with Crippen LogP contribution in [0.15, 0.2) is 77.7 Å². The Morgan fingerprint density at radius 1 is 1.20 bits per heavy atom. The minimum Gasteiger partial charge on any atom is -0.406 e. The lowest BCUT2D eigenvalue weighted by Gasteiger charge is -2.21. The number of halogens is 4. The van der Waals surface area contributed by atoms with Crippen molar-refractivity contribution in [1.82, 2.24) is 20.1 Å². The van der Waals surface area contributed by atoms with Crippen molar-refractivity contribution in [2.24, 2.45) is 4.99 Å². The van der Waals surface area contributed by atoms with Gasteiger partial charge in [-0.1, -0.05) is 43.3 Å². The molecule has 3 amide bonds. The molecule has 0 bridgehead atoms. The highest BCUT2D eigenvalue weighted by molar-refractivity contribution is 8.15. The van der Waals surface area contributed by atoms with Crippen molar-refractivity contribution in [2.75, 3.05) is 10.7 Å². The fourth-order valence-electron chi connectivity index (χ4n) is 4.60. The fraction of sp³-hybridized carbons (Fsp3) is 0.300. The number of hydrogen-bond donors (Lipinski definition) is 1. The molecule has 1 saturated heterocycles. The predicted octanol–water partition coefficient (Wildman–Crippen LogP) is 5.95. The van der Waals surface area contributed by atoms with Crippen LogP contribution in [0.25, 0.3) is 5.69 Å². The average Bonchev–Trinajstić information content (AvgIpc) is 3.59. The molecule has 1 N–H and O–H groups in total. The Balaban J connectivity index is 1.17. The number of carbonyl (C=O) groups is 2. The summed E-state index contributed by atoms with van der Waals surface area (Å²) in [6.45, 7) is 3.82. The Hall–Kier alpha value is -4.50. The van der Waals surface area contributed by atoms with E-state index in [1.165, 1.54) is 46.3 Å². The predicted molar refractivity (Wildman–Crippen MR) is 160 cm³/mol. The number of carbonyl (C=O) groups excluding carboxylic acids is 2. The standard InChI is InChI=1S/C30H28F4N6O4S/c1-3-4-19-6-5-18(2)13-24(19)40-27(41)16-45-29(40)37-28(42)36-20-7-12-25(23(31)14-20)43-15-26-35-17-39(38-26)21-8-10-22(11-9-21)44-30(32,33)34/h5-14,17,23,25H,3-4,15-16H2,1-2H3,(H,36,42). The van der Waals surface area contributed by atoms with E-state index in [1.807, 2.05) is 32.0 Å². The SMILES string of the molecule is CCCc1ccc(C)cc1N1C(=O)CSC1=NC(=O)NC1=CC(F)C(OCc2ncn(-c3ccc(OC(F)(F)F)cc3)n2)C=C1. The Morgan fingerprint density at radius 2 is 1.98 bits per heavy atom. The van der Waals surface area contributed by atoms with E-state index in [0.717, 1.165) is 47.9 Å². The van der Waals surface area contributed by atoms with Crippen molar-refractivity contribution in [1.29, 1.82) is 0 Å². The monoisotopic (exact) mass is 644 g/mol. The van der Waals surface area contributed by atoms with Crippen LogP contribution in [0.4, 0.5) is 28.0 Å². The lowest BCUT2D eigenvalue weighted by molar-refractivity contribution is -0.274. The molecule has 1 aromatic heterocycles. The fourth-order valence-corrected chi connectivity index (χ4v) is 5.46. The van der Waals surface area contributed by atoms with Crippen molar-refractivity contribution >= 4 is 34.6 Å². The molecule has 3 aromatic rings. The van der Waals surface area contributed by atoms with Gasteiger partial charge in [-0.3, -0.25) is 9.69 Å². The van der Waals surface area contributed by atoms with Gasteiger partial charge >= 0.3 is 12.4 Å². The summed E-state index contributed by atoms with van der Waals surface area (Å²) in [6.07, 6.45) is -0.290. The highest BCUT2D eigenvalue weighted by Crippen LogP contribution is 2.31. The summed E-state index contributed by atoms with van der Waals surface area (Å²) in [5, 5.41) is 7.00. The van der Waals surface area contributed by atoms with E-state index in [0.29, 0.717) is 11.4 Å². The first-order valence-electron chi connectivity index (χ1n) is 13.9. The normalized spacial score (nSPS) is 19.2. The molecule has 1 aliphatic carbocycles. The molecule has 236 valence electrons. The van der Waals surface area contributed by atoms with E-state index >= 15 is 0 Å². The summed E-state index contributed by atoms with van der Waals surface area (Å²) >= 11 is 1.16. The smallest absolute Gasteiger partial charge is 0.406 e. The summed E-state index contributed by atoms with van der Waals surface area (Å²) in [7, 11) is 0. The number of nitrogens with one attached hydrogen (secondary N) is 1. The second kappa shape index (κ2) is 13.6. The molecule has 2 unspecified atom stereocenters. The van der Waals surface area contributed by atoms with Gasteiger partial charge in [0.25, 0.3) is 0 Å². The largest absolute Gasteiger partial charge is 0.573 e. The topological polar surface area (TPSA) is 111 Å². The van der Waals surface area contributed by atoms with Crippen molar-refractivity contribution in [2.45, 2.75) is 51.9 Å². The number of hydrogen-bond acceptors (Lipinski definition) is 7. The molecule has 2 atom stereocenters. The summed E-state index contributed by atoms with van der Waals surface area (Å²) in [5.74, 6) is -0.186. The zero-order valence-electron chi connectivity index (χ0n) is 24.1. The van der Waals surface area contributed by atoms with E-state index < -0.39 is 24.7 Å². The average molecular weight is 645 g/mol. The zero-order chi connectivity index (χ0) is 32.1. The van der Waals surface area contributed by atoms with E-state index in [4.69, 9.17) is 4.74 Å².